The number of benzene rings is 2. The summed E-state index contributed by atoms with van der Waals surface area (Å²) in [6, 6.07) is 12.5. The normalized spacial score (nSPS) is 10.3. The zero-order valence-electron chi connectivity index (χ0n) is 13.5. The molecule has 1 aromatic heterocycles. The summed E-state index contributed by atoms with van der Waals surface area (Å²) in [4.78, 5) is 16.2. The lowest BCUT2D eigenvalue weighted by Crippen LogP contribution is -2.12. The summed E-state index contributed by atoms with van der Waals surface area (Å²) in [5.74, 6) is 0.372. The van der Waals surface area contributed by atoms with Gasteiger partial charge < -0.3 is 9.73 Å². The van der Waals surface area contributed by atoms with Crippen LogP contribution in [-0.2, 0) is 11.2 Å². The number of nitriles is 1. The molecule has 0 saturated carbocycles. The Hall–Kier alpha value is -3.17. The van der Waals surface area contributed by atoms with Crippen molar-refractivity contribution in [2.24, 2.45) is 0 Å². The van der Waals surface area contributed by atoms with E-state index in [-0.39, 0.29) is 23.2 Å². The Kier molecular flexibility index (Phi) is 5.30. The fraction of sp³-hybridized carbons (Fsp3) is 0.105. The number of hydrogen-bond donors (Lipinski definition) is 1. The zero-order chi connectivity index (χ0) is 18.5. The summed E-state index contributed by atoms with van der Waals surface area (Å²) in [5.41, 5.74) is 1.57. The minimum absolute atomic E-state index is 0.168. The van der Waals surface area contributed by atoms with Gasteiger partial charge >= 0.3 is 0 Å². The second-order valence-electron chi connectivity index (χ2n) is 5.48. The number of anilines is 1. The second-order valence-corrected chi connectivity index (χ2v) is 5.89. The standard InChI is InChI=1S/C19H13ClFN3O2/c20-16-9-15(6-3-13(16)10-22)24-18(25)7-8-19-23-11-17(26-19)12-1-4-14(21)5-2-12/h1-6,9,11H,7-8H2,(H,24,25). The van der Waals surface area contributed by atoms with Crippen molar-refractivity contribution in [3.63, 3.8) is 0 Å². The van der Waals surface area contributed by atoms with E-state index in [2.05, 4.69) is 10.3 Å². The summed E-state index contributed by atoms with van der Waals surface area (Å²) in [7, 11) is 0. The first-order valence-electron chi connectivity index (χ1n) is 7.75. The van der Waals surface area contributed by atoms with E-state index in [1.165, 1.54) is 18.2 Å². The average Bonchev–Trinajstić information content (AvgIpc) is 3.10. The highest BCUT2D eigenvalue weighted by Gasteiger charge is 2.10. The van der Waals surface area contributed by atoms with E-state index in [0.29, 0.717) is 34.9 Å². The van der Waals surface area contributed by atoms with Gasteiger partial charge in [-0.25, -0.2) is 9.37 Å². The van der Waals surface area contributed by atoms with Gasteiger partial charge in [0.2, 0.25) is 5.91 Å². The molecule has 0 unspecified atom stereocenters. The van der Waals surface area contributed by atoms with E-state index >= 15 is 0 Å². The maximum atomic E-state index is 12.9. The van der Waals surface area contributed by atoms with Crippen molar-refractivity contribution in [2.45, 2.75) is 12.8 Å². The Balaban J connectivity index is 1.57. The van der Waals surface area contributed by atoms with Crippen molar-refractivity contribution < 1.29 is 13.6 Å². The van der Waals surface area contributed by atoms with Gasteiger partial charge in [-0.05, 0) is 42.5 Å². The molecular formula is C19H13ClFN3O2. The summed E-state index contributed by atoms with van der Waals surface area (Å²) in [6.07, 6.45) is 2.03. The molecule has 0 spiro atoms. The predicted octanol–water partition coefficient (Wildman–Crippen LogP) is 4.58. The van der Waals surface area contributed by atoms with Crippen LogP contribution in [0.3, 0.4) is 0 Å². The number of carbonyl (C=O) groups excluding carboxylic acids is 1. The van der Waals surface area contributed by atoms with E-state index in [4.69, 9.17) is 21.3 Å². The van der Waals surface area contributed by atoms with Gasteiger partial charge in [0.05, 0.1) is 16.8 Å². The number of nitrogens with zero attached hydrogens (tertiary/aromatic N) is 2. The molecule has 26 heavy (non-hydrogen) atoms. The van der Waals surface area contributed by atoms with E-state index in [0.717, 1.165) is 0 Å². The molecule has 1 amide bonds. The summed E-state index contributed by atoms with van der Waals surface area (Å²) in [6.45, 7) is 0. The minimum atomic E-state index is -0.326. The lowest BCUT2D eigenvalue weighted by atomic mass is 10.2. The van der Waals surface area contributed by atoms with Crippen LogP contribution in [0.25, 0.3) is 11.3 Å². The zero-order valence-corrected chi connectivity index (χ0v) is 14.3. The number of hydrogen-bond acceptors (Lipinski definition) is 4. The first kappa shape index (κ1) is 17.6. The van der Waals surface area contributed by atoms with Gasteiger partial charge in [0.1, 0.15) is 11.9 Å². The predicted molar refractivity (Wildman–Crippen MR) is 95.0 cm³/mol. The van der Waals surface area contributed by atoms with Crippen LogP contribution in [0.15, 0.2) is 53.1 Å². The maximum absolute atomic E-state index is 12.9. The van der Waals surface area contributed by atoms with Gasteiger partial charge in [-0.3, -0.25) is 4.79 Å². The number of rotatable bonds is 5. The smallest absolute Gasteiger partial charge is 0.224 e. The van der Waals surface area contributed by atoms with Crippen LogP contribution in [0.4, 0.5) is 10.1 Å². The minimum Gasteiger partial charge on any atom is -0.441 e. The molecule has 0 radical (unpaired) electrons. The molecule has 0 aliphatic heterocycles. The first-order chi connectivity index (χ1) is 12.5. The van der Waals surface area contributed by atoms with E-state index in [1.54, 1.807) is 30.5 Å². The van der Waals surface area contributed by atoms with Crippen molar-refractivity contribution in [3.05, 3.63) is 71.0 Å². The van der Waals surface area contributed by atoms with Crippen molar-refractivity contribution in [2.75, 3.05) is 5.32 Å². The molecule has 2 aromatic carbocycles. The number of halogens is 2. The molecule has 3 rings (SSSR count). The highest BCUT2D eigenvalue weighted by molar-refractivity contribution is 6.32. The van der Waals surface area contributed by atoms with Gasteiger partial charge in [0, 0.05) is 24.1 Å². The highest BCUT2D eigenvalue weighted by Crippen LogP contribution is 2.22. The van der Waals surface area contributed by atoms with Crippen LogP contribution in [0.2, 0.25) is 5.02 Å². The second kappa shape index (κ2) is 7.81. The molecule has 130 valence electrons. The first-order valence-corrected chi connectivity index (χ1v) is 8.13. The van der Waals surface area contributed by atoms with Crippen LogP contribution in [0, 0.1) is 17.1 Å². The molecule has 1 N–H and O–H groups in total. The molecule has 3 aromatic rings. The van der Waals surface area contributed by atoms with Crippen molar-refractivity contribution in [1.82, 2.24) is 4.98 Å². The third-order valence-electron chi connectivity index (χ3n) is 3.62. The van der Waals surface area contributed by atoms with E-state index < -0.39 is 0 Å². The van der Waals surface area contributed by atoms with Gasteiger partial charge in [0.15, 0.2) is 11.7 Å². The van der Waals surface area contributed by atoms with Gasteiger partial charge in [-0.15, -0.1) is 0 Å². The van der Waals surface area contributed by atoms with Crippen molar-refractivity contribution in [3.8, 4) is 17.4 Å². The third kappa shape index (κ3) is 4.26. The average molecular weight is 370 g/mol. The summed E-state index contributed by atoms with van der Waals surface area (Å²) < 4.78 is 18.5. The highest BCUT2D eigenvalue weighted by atomic mass is 35.5. The molecule has 0 aliphatic carbocycles. The Morgan fingerprint density at radius 3 is 2.73 bits per heavy atom. The molecule has 0 atom stereocenters. The summed E-state index contributed by atoms with van der Waals surface area (Å²) >= 11 is 5.93. The quantitative estimate of drug-likeness (QED) is 0.714. The number of aromatic nitrogens is 1. The van der Waals surface area contributed by atoms with Crippen LogP contribution in [0.5, 0.6) is 0 Å². The fourth-order valence-corrected chi connectivity index (χ4v) is 2.52. The summed E-state index contributed by atoms with van der Waals surface area (Å²) in [5, 5.41) is 11.8. The van der Waals surface area contributed by atoms with E-state index in [9.17, 15) is 9.18 Å². The Bertz CT molecular complexity index is 977. The van der Waals surface area contributed by atoms with Crippen LogP contribution >= 0.6 is 11.6 Å². The monoisotopic (exact) mass is 369 g/mol. The molecule has 0 aliphatic rings. The molecule has 1 heterocycles. The molecule has 7 heteroatoms. The number of nitrogens with one attached hydrogen (secondary N) is 1. The topological polar surface area (TPSA) is 78.9 Å². The van der Waals surface area contributed by atoms with Gasteiger partial charge in [-0.1, -0.05) is 11.6 Å². The molecular weight excluding hydrogens is 357 g/mol. The SMILES string of the molecule is N#Cc1ccc(NC(=O)CCc2ncc(-c3ccc(F)cc3)o2)cc1Cl. The molecule has 5 nitrogen and oxygen atoms in total. The maximum Gasteiger partial charge on any atom is 0.224 e. The molecule has 0 fully saturated rings. The largest absolute Gasteiger partial charge is 0.441 e. The number of aryl methyl sites for hydroxylation is 1. The Morgan fingerprint density at radius 2 is 2.04 bits per heavy atom. The van der Waals surface area contributed by atoms with Crippen molar-refractivity contribution >= 4 is 23.2 Å². The van der Waals surface area contributed by atoms with Gasteiger partial charge in [0.25, 0.3) is 0 Å². The molecule has 0 bridgehead atoms. The van der Waals surface area contributed by atoms with Crippen LogP contribution in [-0.4, -0.2) is 10.9 Å². The number of oxazole rings is 1. The van der Waals surface area contributed by atoms with Crippen LogP contribution in [0.1, 0.15) is 17.9 Å². The van der Waals surface area contributed by atoms with Crippen molar-refractivity contribution in [1.29, 1.82) is 5.26 Å². The Morgan fingerprint density at radius 1 is 1.27 bits per heavy atom. The van der Waals surface area contributed by atoms with Gasteiger partial charge in [-0.2, -0.15) is 5.26 Å². The number of carbonyl (C=O) groups is 1. The Labute approximate surface area is 154 Å². The fourth-order valence-electron chi connectivity index (χ4n) is 2.30. The molecule has 0 saturated heterocycles. The lowest BCUT2D eigenvalue weighted by Gasteiger charge is -2.05. The van der Waals surface area contributed by atoms with Crippen LogP contribution < -0.4 is 5.32 Å². The third-order valence-corrected chi connectivity index (χ3v) is 3.93. The number of amides is 1. The van der Waals surface area contributed by atoms with E-state index in [1.807, 2.05) is 6.07 Å². The lowest BCUT2D eigenvalue weighted by molar-refractivity contribution is -0.116.